The van der Waals surface area contributed by atoms with Crippen LogP contribution in [0.2, 0.25) is 0 Å². The van der Waals surface area contributed by atoms with Crippen molar-refractivity contribution in [2.24, 2.45) is 0 Å². The molecule has 91 heavy (non-hydrogen) atoms. The zero-order chi connectivity index (χ0) is 64.2. The highest BCUT2D eigenvalue weighted by molar-refractivity contribution is 7.00. The van der Waals surface area contributed by atoms with Gasteiger partial charge in [-0.25, -0.2) is 9.97 Å². The van der Waals surface area contributed by atoms with E-state index in [1.165, 1.54) is 104 Å². The van der Waals surface area contributed by atoms with Gasteiger partial charge in [-0.05, 0) is 206 Å². The fraction of sp³-hybridized carbons (Fsp3) is 0.279. The smallest absolute Gasteiger partial charge is 0.252 e. The number of nitrogens with zero attached hydrogens (tertiary/aromatic N) is 4. The third-order valence-electron chi connectivity index (χ3n) is 19.6. The second-order valence-corrected chi connectivity index (χ2v) is 32.5. The van der Waals surface area contributed by atoms with Gasteiger partial charge in [-0.1, -0.05) is 234 Å². The lowest BCUT2D eigenvalue weighted by molar-refractivity contribution is 0.568. The van der Waals surface area contributed by atoms with E-state index in [1.54, 1.807) is 0 Å². The molecule has 0 saturated heterocycles. The van der Waals surface area contributed by atoms with Crippen molar-refractivity contribution in [2.75, 3.05) is 9.80 Å². The first-order chi connectivity index (χ1) is 42.8. The Kier molecular flexibility index (Phi) is 13.7. The van der Waals surface area contributed by atoms with Crippen LogP contribution in [0.15, 0.2) is 200 Å². The van der Waals surface area contributed by atoms with Crippen LogP contribution in [0.4, 0.5) is 34.1 Å². The molecule has 0 fully saturated rings. The number of benzene rings is 11. The van der Waals surface area contributed by atoms with Crippen LogP contribution in [-0.2, 0) is 32.5 Å². The van der Waals surface area contributed by atoms with Crippen molar-refractivity contribution in [2.45, 2.75) is 157 Å². The molecule has 1 aromatic heterocycles. The van der Waals surface area contributed by atoms with Gasteiger partial charge >= 0.3 is 0 Å². The summed E-state index contributed by atoms with van der Waals surface area (Å²) in [5.74, 6) is 0.711. The summed E-state index contributed by atoms with van der Waals surface area (Å²) < 4.78 is 0. The van der Waals surface area contributed by atoms with Crippen LogP contribution in [0.3, 0.4) is 0 Å². The third kappa shape index (κ3) is 10.6. The van der Waals surface area contributed by atoms with Gasteiger partial charge in [0.15, 0.2) is 5.82 Å². The van der Waals surface area contributed by atoms with E-state index in [4.69, 9.17) is 9.97 Å². The maximum absolute atomic E-state index is 5.93. The summed E-state index contributed by atoms with van der Waals surface area (Å²) in [4.78, 5) is 16.9. The van der Waals surface area contributed by atoms with Crippen molar-refractivity contribution in [1.29, 1.82) is 0 Å². The lowest BCUT2D eigenvalue weighted by Crippen LogP contribution is -2.61. The summed E-state index contributed by atoms with van der Waals surface area (Å²) in [6.45, 7) is 41.6. The minimum absolute atomic E-state index is 0.0442. The molecule has 0 saturated carbocycles. The van der Waals surface area contributed by atoms with E-state index in [-0.39, 0.29) is 39.2 Å². The zero-order valence-corrected chi connectivity index (χ0v) is 56.9. The van der Waals surface area contributed by atoms with Gasteiger partial charge in [0, 0.05) is 61.6 Å². The van der Waals surface area contributed by atoms with Gasteiger partial charge in [-0.3, -0.25) is 0 Å². The van der Waals surface area contributed by atoms with E-state index in [0.717, 1.165) is 50.8 Å². The van der Waals surface area contributed by atoms with Crippen LogP contribution in [-0.4, -0.2) is 16.7 Å². The van der Waals surface area contributed by atoms with E-state index in [9.17, 15) is 0 Å². The standard InChI is InChI=1S/C86H87BN4/c1-81(2,3)61-29-33-67(34-30-61)90-75-47-59(74-51-73(58-41-63(83(7,8)9)49-64(42-58)84(10,11)12)88-80(89-74)60-43-65(85(13,14)15)50-66(44-60)86(16,17)18)48-76-77(75)87(71-37-27-56-39-52-23-19-21-25-54(52)45-69(56)78(71)90)72-38-28-57-40-53-24-20-22-26-55(53)46-70(57)79(72)91(76)68-35-31-62(32-36-68)82(4,5)6/h19-51H,1-18H3. The van der Waals surface area contributed by atoms with E-state index in [1.807, 2.05) is 0 Å². The molecule has 14 rings (SSSR count). The Balaban J connectivity index is 1.16. The summed E-state index contributed by atoms with van der Waals surface area (Å²) in [5.41, 5.74) is 22.7. The molecule has 5 heteroatoms. The van der Waals surface area contributed by atoms with Gasteiger partial charge in [0.2, 0.25) is 0 Å². The van der Waals surface area contributed by atoms with Crippen molar-refractivity contribution in [3.8, 4) is 33.9 Å². The van der Waals surface area contributed by atoms with Gasteiger partial charge in [-0.2, -0.15) is 0 Å². The summed E-state index contributed by atoms with van der Waals surface area (Å²) in [5, 5.41) is 9.74. The van der Waals surface area contributed by atoms with E-state index < -0.39 is 0 Å². The number of hydrogen-bond donors (Lipinski definition) is 0. The van der Waals surface area contributed by atoms with E-state index in [2.05, 4.69) is 335 Å². The predicted molar refractivity (Wildman–Crippen MR) is 395 cm³/mol. The van der Waals surface area contributed by atoms with Crippen LogP contribution in [0.1, 0.15) is 158 Å². The summed E-state index contributed by atoms with van der Waals surface area (Å²) in [6, 6.07) is 77.5. The molecule has 12 aromatic rings. The normalized spacial score (nSPS) is 13.8. The molecule has 0 spiro atoms. The molecule has 2 aliphatic heterocycles. The highest BCUT2D eigenvalue weighted by Gasteiger charge is 2.45. The van der Waals surface area contributed by atoms with Gasteiger partial charge in [0.1, 0.15) is 0 Å². The van der Waals surface area contributed by atoms with Gasteiger partial charge < -0.3 is 9.80 Å². The zero-order valence-electron chi connectivity index (χ0n) is 56.9. The highest BCUT2D eigenvalue weighted by Crippen LogP contribution is 2.51. The average Bonchev–Trinajstić information content (AvgIpc) is 0.687. The molecule has 4 nitrogen and oxygen atoms in total. The first kappa shape index (κ1) is 59.8. The predicted octanol–water partition coefficient (Wildman–Crippen LogP) is 22.0. The quantitative estimate of drug-likeness (QED) is 0.127. The van der Waals surface area contributed by atoms with Crippen molar-refractivity contribution >= 4 is 100 Å². The van der Waals surface area contributed by atoms with Gasteiger partial charge in [0.25, 0.3) is 6.71 Å². The number of fused-ring (bicyclic) bond motifs is 10. The number of rotatable bonds is 5. The molecule has 0 unspecified atom stereocenters. The molecule has 0 radical (unpaired) electrons. The average molecular weight is 1190 g/mol. The number of anilines is 6. The van der Waals surface area contributed by atoms with Gasteiger partial charge in [-0.15, -0.1) is 0 Å². The molecule has 3 heterocycles. The van der Waals surface area contributed by atoms with E-state index >= 15 is 0 Å². The Morgan fingerprint density at radius 2 is 0.615 bits per heavy atom. The van der Waals surface area contributed by atoms with Gasteiger partial charge in [0.05, 0.1) is 11.4 Å². The Morgan fingerprint density at radius 3 is 0.967 bits per heavy atom. The second kappa shape index (κ2) is 20.9. The third-order valence-corrected chi connectivity index (χ3v) is 19.6. The van der Waals surface area contributed by atoms with Crippen LogP contribution in [0.5, 0.6) is 0 Å². The van der Waals surface area contributed by atoms with Crippen molar-refractivity contribution < 1.29 is 0 Å². The number of aromatic nitrogens is 2. The molecule has 11 aromatic carbocycles. The molecule has 0 atom stereocenters. The van der Waals surface area contributed by atoms with Crippen LogP contribution in [0.25, 0.3) is 77.0 Å². The first-order valence-corrected chi connectivity index (χ1v) is 33.0. The fourth-order valence-electron chi connectivity index (χ4n) is 14.0. The van der Waals surface area contributed by atoms with Crippen LogP contribution in [0, 0.1) is 0 Å². The topological polar surface area (TPSA) is 32.3 Å². The molecule has 454 valence electrons. The fourth-order valence-corrected chi connectivity index (χ4v) is 14.0. The Hall–Kier alpha value is -8.80. The van der Waals surface area contributed by atoms with Crippen LogP contribution >= 0.6 is 0 Å². The number of hydrogen-bond acceptors (Lipinski definition) is 4. The highest BCUT2D eigenvalue weighted by atomic mass is 15.2. The Morgan fingerprint density at radius 1 is 0.286 bits per heavy atom. The lowest BCUT2D eigenvalue weighted by Gasteiger charge is -2.45. The maximum atomic E-state index is 5.93. The largest absolute Gasteiger partial charge is 0.311 e. The van der Waals surface area contributed by atoms with Crippen molar-refractivity contribution in [3.63, 3.8) is 0 Å². The molecule has 0 amide bonds. The first-order valence-electron chi connectivity index (χ1n) is 33.0. The summed E-state index contributed by atoms with van der Waals surface area (Å²) in [6.07, 6.45) is 0. The molecule has 0 bridgehead atoms. The minimum Gasteiger partial charge on any atom is -0.311 e. The lowest BCUT2D eigenvalue weighted by atomic mass is 9.33. The molecule has 2 aliphatic rings. The molecular weight excluding hydrogens is 1100 g/mol. The maximum Gasteiger partial charge on any atom is 0.252 e. The van der Waals surface area contributed by atoms with E-state index in [0.29, 0.717) is 5.82 Å². The molecular formula is C86H87BN4. The monoisotopic (exact) mass is 1190 g/mol. The second-order valence-electron chi connectivity index (χ2n) is 32.5. The molecule has 0 N–H and O–H groups in total. The summed E-state index contributed by atoms with van der Waals surface area (Å²) >= 11 is 0. The Bertz CT molecular complexity index is 4560. The van der Waals surface area contributed by atoms with Crippen molar-refractivity contribution in [1.82, 2.24) is 9.97 Å². The van der Waals surface area contributed by atoms with Crippen molar-refractivity contribution in [3.05, 3.63) is 234 Å². The SMILES string of the molecule is CC(C)(C)c1ccc(N2c3cc(-c4cc(-c5cc(C(C)(C)C)cc(C(C)(C)C)c5)nc(-c5cc(C(C)(C)C)cc(C(C)(C)C)c5)n4)cc4c3B(c3ccc5cc6ccccc6cc5c32)c2ccc3cc5ccccc5cc3c2N4c2ccc(C(C)(C)C)cc2)cc1. The minimum atomic E-state index is -0.144. The van der Waals surface area contributed by atoms with Crippen LogP contribution < -0.4 is 26.2 Å². The summed E-state index contributed by atoms with van der Waals surface area (Å²) in [7, 11) is 0. The molecule has 0 aliphatic carbocycles. The Labute approximate surface area is 541 Å².